The fraction of sp³-hybridized carbons (Fsp3) is 0.278. The van der Waals surface area contributed by atoms with E-state index in [0.29, 0.717) is 5.56 Å². The molecule has 3 nitrogen and oxygen atoms in total. The Hall–Kier alpha value is -1.88. The van der Waals surface area contributed by atoms with Crippen LogP contribution in [0.4, 0.5) is 9.18 Å². The predicted octanol–water partition coefficient (Wildman–Crippen LogP) is 5.20. The fourth-order valence-corrected chi connectivity index (χ4v) is 2.57. The molecule has 1 amide bonds. The number of amides is 1. The van der Waals surface area contributed by atoms with Crippen molar-refractivity contribution in [1.82, 2.24) is 5.32 Å². The van der Waals surface area contributed by atoms with E-state index in [1.807, 2.05) is 24.3 Å². The van der Waals surface area contributed by atoms with Gasteiger partial charge in [-0.25, -0.2) is 9.18 Å². The first-order valence-electron chi connectivity index (χ1n) is 7.25. The highest BCUT2D eigenvalue weighted by Crippen LogP contribution is 2.25. The predicted molar refractivity (Wildman–Crippen MR) is 91.8 cm³/mol. The van der Waals surface area contributed by atoms with E-state index < -0.39 is 17.7 Å². The van der Waals surface area contributed by atoms with Crippen LogP contribution in [0.25, 0.3) is 0 Å². The first-order chi connectivity index (χ1) is 10.7. The molecule has 0 aliphatic heterocycles. The second kappa shape index (κ2) is 7.13. The van der Waals surface area contributed by atoms with Crippen LogP contribution < -0.4 is 5.32 Å². The minimum Gasteiger partial charge on any atom is -0.444 e. The van der Waals surface area contributed by atoms with Gasteiger partial charge in [0, 0.05) is 4.47 Å². The minimum absolute atomic E-state index is 0.353. The van der Waals surface area contributed by atoms with Crippen molar-refractivity contribution in [2.24, 2.45) is 0 Å². The Kier molecular flexibility index (Phi) is 5.42. The van der Waals surface area contributed by atoms with Crippen molar-refractivity contribution >= 4 is 22.0 Å². The van der Waals surface area contributed by atoms with Crippen LogP contribution >= 0.6 is 15.9 Å². The lowest BCUT2D eigenvalue weighted by atomic mass is 9.99. The SMILES string of the molecule is CC(C)(C)OC(=O)NC(c1cccc(F)c1)c1cccc(Br)c1. The Morgan fingerprint density at radius 3 is 2.30 bits per heavy atom. The molecule has 1 atom stereocenters. The molecule has 0 fully saturated rings. The van der Waals surface area contributed by atoms with E-state index in [0.717, 1.165) is 10.0 Å². The van der Waals surface area contributed by atoms with Crippen LogP contribution in [0.1, 0.15) is 37.9 Å². The average molecular weight is 380 g/mol. The summed E-state index contributed by atoms with van der Waals surface area (Å²) in [6.45, 7) is 5.38. The normalized spacial score (nSPS) is 12.6. The van der Waals surface area contributed by atoms with Gasteiger partial charge in [0.1, 0.15) is 11.4 Å². The molecule has 2 rings (SSSR count). The number of halogens is 2. The van der Waals surface area contributed by atoms with Gasteiger partial charge in [-0.3, -0.25) is 0 Å². The summed E-state index contributed by atoms with van der Waals surface area (Å²) in [5, 5.41) is 2.81. The molecule has 0 bridgehead atoms. The molecule has 1 unspecified atom stereocenters. The van der Waals surface area contributed by atoms with Gasteiger partial charge in [0.15, 0.2) is 0 Å². The van der Waals surface area contributed by atoms with Gasteiger partial charge in [-0.1, -0.05) is 40.2 Å². The fourth-order valence-electron chi connectivity index (χ4n) is 2.16. The van der Waals surface area contributed by atoms with Crippen LogP contribution in [0.2, 0.25) is 0 Å². The molecule has 0 aromatic heterocycles. The summed E-state index contributed by atoms with van der Waals surface area (Å²) in [6, 6.07) is 13.2. The summed E-state index contributed by atoms with van der Waals surface area (Å²) in [7, 11) is 0. The lowest BCUT2D eigenvalue weighted by Crippen LogP contribution is -2.35. The van der Waals surface area contributed by atoms with Crippen molar-refractivity contribution in [3.63, 3.8) is 0 Å². The summed E-state index contributed by atoms with van der Waals surface area (Å²) in [5.41, 5.74) is 0.873. The Morgan fingerprint density at radius 1 is 1.13 bits per heavy atom. The molecule has 122 valence electrons. The third kappa shape index (κ3) is 5.36. The second-order valence-electron chi connectivity index (χ2n) is 6.19. The Balaban J connectivity index is 2.34. The highest BCUT2D eigenvalue weighted by atomic mass is 79.9. The lowest BCUT2D eigenvalue weighted by molar-refractivity contribution is 0.0512. The van der Waals surface area contributed by atoms with Gasteiger partial charge < -0.3 is 10.1 Å². The molecule has 2 aromatic rings. The zero-order chi connectivity index (χ0) is 17.0. The van der Waals surface area contributed by atoms with Crippen LogP contribution in [-0.2, 0) is 4.74 Å². The maximum absolute atomic E-state index is 13.6. The van der Waals surface area contributed by atoms with Crippen LogP contribution in [0, 0.1) is 5.82 Å². The largest absolute Gasteiger partial charge is 0.444 e. The van der Waals surface area contributed by atoms with Crippen molar-refractivity contribution in [3.8, 4) is 0 Å². The van der Waals surface area contributed by atoms with Gasteiger partial charge in [0.2, 0.25) is 0 Å². The number of hydrogen-bond donors (Lipinski definition) is 1. The third-order valence-corrected chi connectivity index (χ3v) is 3.52. The van der Waals surface area contributed by atoms with E-state index in [9.17, 15) is 9.18 Å². The van der Waals surface area contributed by atoms with Crippen molar-refractivity contribution < 1.29 is 13.9 Å². The monoisotopic (exact) mass is 379 g/mol. The van der Waals surface area contributed by atoms with Gasteiger partial charge in [-0.05, 0) is 56.2 Å². The number of rotatable bonds is 3. The molecule has 0 aliphatic rings. The molecule has 0 aliphatic carbocycles. The van der Waals surface area contributed by atoms with Crippen LogP contribution in [0.3, 0.4) is 0 Å². The average Bonchev–Trinajstić information content (AvgIpc) is 2.43. The first kappa shape index (κ1) is 17.5. The maximum Gasteiger partial charge on any atom is 0.408 e. The molecule has 23 heavy (non-hydrogen) atoms. The zero-order valence-electron chi connectivity index (χ0n) is 13.3. The van der Waals surface area contributed by atoms with Crippen LogP contribution in [0.5, 0.6) is 0 Å². The molecule has 5 heteroatoms. The number of ether oxygens (including phenoxy) is 1. The standard InChI is InChI=1S/C18H19BrFNO2/c1-18(2,3)23-17(22)21-16(12-6-4-8-14(19)10-12)13-7-5-9-15(20)11-13/h4-11,16H,1-3H3,(H,21,22). The minimum atomic E-state index is -0.603. The second-order valence-corrected chi connectivity index (χ2v) is 7.10. The van der Waals surface area contributed by atoms with Crippen molar-refractivity contribution in [3.05, 3.63) is 69.9 Å². The molecule has 1 N–H and O–H groups in total. The molecular formula is C18H19BrFNO2. The topological polar surface area (TPSA) is 38.3 Å². The number of hydrogen-bond acceptors (Lipinski definition) is 2. The summed E-state index contributed by atoms with van der Waals surface area (Å²) in [6.07, 6.45) is -0.549. The van der Waals surface area contributed by atoms with Crippen molar-refractivity contribution in [1.29, 1.82) is 0 Å². The summed E-state index contributed by atoms with van der Waals surface area (Å²) in [5.74, 6) is -0.353. The van der Waals surface area contributed by atoms with Crippen molar-refractivity contribution in [2.75, 3.05) is 0 Å². The van der Waals surface area contributed by atoms with Crippen molar-refractivity contribution in [2.45, 2.75) is 32.4 Å². The Morgan fingerprint density at radius 2 is 1.74 bits per heavy atom. The Bertz CT molecular complexity index is 652. The van der Waals surface area contributed by atoms with Crippen LogP contribution in [0.15, 0.2) is 53.0 Å². The molecule has 2 aromatic carbocycles. The van der Waals surface area contributed by atoms with Gasteiger partial charge in [-0.2, -0.15) is 0 Å². The summed E-state index contributed by atoms with van der Waals surface area (Å²) < 4.78 is 19.8. The number of nitrogens with one attached hydrogen (secondary N) is 1. The van der Waals surface area contributed by atoms with Crippen LogP contribution in [-0.4, -0.2) is 11.7 Å². The number of carbonyl (C=O) groups excluding carboxylic acids is 1. The van der Waals surface area contributed by atoms with E-state index in [2.05, 4.69) is 21.2 Å². The van der Waals surface area contributed by atoms with Gasteiger partial charge >= 0.3 is 6.09 Å². The molecule has 0 spiro atoms. The highest BCUT2D eigenvalue weighted by molar-refractivity contribution is 9.10. The summed E-state index contributed by atoms with van der Waals surface area (Å²) in [4.78, 5) is 12.1. The molecular weight excluding hydrogens is 361 g/mol. The Labute approximate surface area is 144 Å². The van der Waals surface area contributed by atoms with E-state index in [-0.39, 0.29) is 5.82 Å². The van der Waals surface area contributed by atoms with Gasteiger partial charge in [-0.15, -0.1) is 0 Å². The molecule has 0 saturated carbocycles. The quantitative estimate of drug-likeness (QED) is 0.795. The smallest absolute Gasteiger partial charge is 0.408 e. The zero-order valence-corrected chi connectivity index (χ0v) is 14.9. The molecule has 0 saturated heterocycles. The number of alkyl carbamates (subject to hydrolysis) is 1. The van der Waals surface area contributed by atoms with E-state index >= 15 is 0 Å². The van der Waals surface area contributed by atoms with E-state index in [1.165, 1.54) is 12.1 Å². The summed E-state index contributed by atoms with van der Waals surface area (Å²) >= 11 is 3.41. The number of benzene rings is 2. The third-order valence-electron chi connectivity index (χ3n) is 3.03. The number of carbonyl (C=O) groups is 1. The molecule has 0 radical (unpaired) electrons. The van der Waals surface area contributed by atoms with Gasteiger partial charge in [0.05, 0.1) is 6.04 Å². The first-order valence-corrected chi connectivity index (χ1v) is 8.04. The maximum atomic E-state index is 13.6. The molecule has 0 heterocycles. The van der Waals surface area contributed by atoms with E-state index in [1.54, 1.807) is 32.9 Å². The van der Waals surface area contributed by atoms with Gasteiger partial charge in [0.25, 0.3) is 0 Å². The van der Waals surface area contributed by atoms with E-state index in [4.69, 9.17) is 4.74 Å². The lowest BCUT2D eigenvalue weighted by Gasteiger charge is -2.24. The highest BCUT2D eigenvalue weighted by Gasteiger charge is 2.22.